The molecule has 0 nitrogen and oxygen atoms in total. The molecule has 6 rings (SSSR count). The van der Waals surface area contributed by atoms with Gasteiger partial charge in [0, 0.05) is 9.30 Å². The van der Waals surface area contributed by atoms with Crippen LogP contribution < -0.4 is 0 Å². The summed E-state index contributed by atoms with van der Waals surface area (Å²) in [5.74, 6) is 0. The van der Waals surface area contributed by atoms with E-state index in [1.807, 2.05) is 0 Å². The molecule has 0 heterocycles. The van der Waals surface area contributed by atoms with Crippen molar-refractivity contribution < 1.29 is 0 Å². The van der Waals surface area contributed by atoms with E-state index < -0.39 is 0 Å². The Morgan fingerprint density at radius 3 is 2.67 bits per heavy atom. The van der Waals surface area contributed by atoms with Gasteiger partial charge in [-0.2, -0.15) is 0 Å². The Balaban J connectivity index is 1.96. The third-order valence-corrected chi connectivity index (χ3v) is 5.56. The van der Waals surface area contributed by atoms with E-state index in [4.69, 9.17) is 0 Å². The molecule has 0 N–H and O–H groups in total. The summed E-state index contributed by atoms with van der Waals surface area (Å²) in [7, 11) is 0. The average Bonchev–Trinajstić information content (AvgIpc) is 2.34. The largest absolute Gasteiger partial charge is 0.0839 e. The molecule has 5 aliphatic rings. The SMILES string of the molecule is Brc1cc2ccc1CCC1=CC=C(CC2)C(Br)C1. The predicted molar refractivity (Wildman–Crippen MR) is 84.3 cm³/mol. The molecule has 0 radical (unpaired) electrons. The summed E-state index contributed by atoms with van der Waals surface area (Å²) in [5.41, 5.74) is 5.97. The highest BCUT2D eigenvalue weighted by Crippen LogP contribution is 2.32. The van der Waals surface area contributed by atoms with Crippen LogP contribution in [0.1, 0.15) is 30.4 Å². The van der Waals surface area contributed by atoms with Crippen LogP contribution in [0.3, 0.4) is 0 Å². The second-order valence-electron chi connectivity index (χ2n) is 5.16. The number of rotatable bonds is 0. The Morgan fingerprint density at radius 2 is 1.89 bits per heavy atom. The van der Waals surface area contributed by atoms with E-state index in [1.54, 1.807) is 11.1 Å². The fourth-order valence-electron chi connectivity index (χ4n) is 2.72. The molecule has 0 spiro atoms. The average molecular weight is 368 g/mol. The fraction of sp³-hybridized carbons (Fsp3) is 0.375. The van der Waals surface area contributed by atoms with Crippen molar-refractivity contribution in [3.8, 4) is 0 Å². The van der Waals surface area contributed by atoms with E-state index in [2.05, 4.69) is 62.2 Å². The monoisotopic (exact) mass is 366 g/mol. The first-order valence-corrected chi connectivity index (χ1v) is 8.23. The number of alkyl halides is 1. The molecule has 0 fully saturated rings. The second kappa shape index (κ2) is 5.34. The summed E-state index contributed by atoms with van der Waals surface area (Å²) >= 11 is 7.54. The van der Waals surface area contributed by atoms with Gasteiger partial charge in [0.05, 0.1) is 0 Å². The number of hydrogen-bond donors (Lipinski definition) is 0. The molecule has 18 heavy (non-hydrogen) atoms. The van der Waals surface area contributed by atoms with Crippen LogP contribution in [-0.4, -0.2) is 4.83 Å². The van der Waals surface area contributed by atoms with Crippen molar-refractivity contribution in [3.05, 3.63) is 57.1 Å². The minimum Gasteiger partial charge on any atom is -0.0839 e. The van der Waals surface area contributed by atoms with Crippen LogP contribution in [0, 0.1) is 0 Å². The van der Waals surface area contributed by atoms with Crippen LogP contribution >= 0.6 is 31.9 Å². The second-order valence-corrected chi connectivity index (χ2v) is 7.12. The van der Waals surface area contributed by atoms with Gasteiger partial charge in [0.15, 0.2) is 0 Å². The van der Waals surface area contributed by atoms with E-state index in [9.17, 15) is 0 Å². The Morgan fingerprint density at radius 1 is 1.00 bits per heavy atom. The summed E-state index contributed by atoms with van der Waals surface area (Å²) in [6.45, 7) is 0. The zero-order valence-electron chi connectivity index (χ0n) is 10.3. The maximum atomic E-state index is 3.83. The lowest BCUT2D eigenvalue weighted by atomic mass is 9.89. The molecule has 0 amide bonds. The van der Waals surface area contributed by atoms with Crippen LogP contribution in [0.25, 0.3) is 0 Å². The number of hydrogen-bond acceptors (Lipinski definition) is 0. The lowest BCUT2D eigenvalue weighted by Gasteiger charge is -2.22. The molecule has 1 unspecified atom stereocenters. The lowest BCUT2D eigenvalue weighted by molar-refractivity contribution is 0.785. The first-order valence-electron chi connectivity index (χ1n) is 6.52. The summed E-state index contributed by atoms with van der Waals surface area (Å²) < 4.78 is 1.28. The molecular formula is C16H16Br2. The lowest BCUT2D eigenvalue weighted by Crippen LogP contribution is -2.10. The minimum absolute atomic E-state index is 0.553. The van der Waals surface area contributed by atoms with E-state index in [0.717, 1.165) is 19.3 Å². The van der Waals surface area contributed by atoms with E-state index in [1.165, 1.54) is 28.4 Å². The van der Waals surface area contributed by atoms with Gasteiger partial charge in [-0.15, -0.1) is 0 Å². The molecule has 4 bridgehead atoms. The Labute approximate surface area is 125 Å². The third-order valence-electron chi connectivity index (χ3n) is 3.91. The summed E-state index contributed by atoms with van der Waals surface area (Å²) in [6.07, 6.45) is 10.5. The van der Waals surface area contributed by atoms with Gasteiger partial charge < -0.3 is 0 Å². The summed E-state index contributed by atoms with van der Waals surface area (Å²) in [5, 5.41) is 0. The van der Waals surface area contributed by atoms with Crippen molar-refractivity contribution in [2.45, 2.75) is 36.9 Å². The minimum atomic E-state index is 0.553. The summed E-state index contributed by atoms with van der Waals surface area (Å²) in [6, 6.07) is 6.87. The molecule has 0 saturated heterocycles. The predicted octanol–water partition coefficient (Wildman–Crippen LogP) is 5.35. The highest BCUT2D eigenvalue weighted by molar-refractivity contribution is 9.10. The molecule has 94 valence electrons. The fourth-order valence-corrected chi connectivity index (χ4v) is 4.14. The maximum absolute atomic E-state index is 3.83. The van der Waals surface area contributed by atoms with E-state index in [-0.39, 0.29) is 0 Å². The summed E-state index contributed by atoms with van der Waals surface area (Å²) in [4.78, 5) is 0.553. The van der Waals surface area contributed by atoms with Crippen molar-refractivity contribution in [1.82, 2.24) is 0 Å². The van der Waals surface area contributed by atoms with Gasteiger partial charge in [-0.25, -0.2) is 0 Å². The van der Waals surface area contributed by atoms with Gasteiger partial charge in [-0.3, -0.25) is 0 Å². The number of halogens is 2. The standard InChI is InChI=1S/C16H16Br2/c17-15-9-11-1-5-13(15)8-4-12-2-6-14(7-3-11)16(18)10-12/h1-2,5-6,9,16H,3-4,7-8,10H2. The van der Waals surface area contributed by atoms with Crippen molar-refractivity contribution in [2.75, 3.05) is 0 Å². The third kappa shape index (κ3) is 2.65. The molecule has 5 aliphatic carbocycles. The first kappa shape index (κ1) is 12.7. The Hall–Kier alpha value is -0.340. The number of benzene rings is 1. The zero-order chi connectivity index (χ0) is 12.5. The van der Waals surface area contributed by atoms with Gasteiger partial charge in [-0.05, 0) is 49.3 Å². The van der Waals surface area contributed by atoms with Gasteiger partial charge in [0.25, 0.3) is 0 Å². The van der Waals surface area contributed by atoms with Crippen molar-refractivity contribution in [2.24, 2.45) is 0 Å². The van der Waals surface area contributed by atoms with Gasteiger partial charge in [-0.1, -0.05) is 67.3 Å². The van der Waals surface area contributed by atoms with E-state index in [0.29, 0.717) is 4.83 Å². The van der Waals surface area contributed by atoms with Crippen LogP contribution in [0.15, 0.2) is 46.0 Å². The molecule has 0 saturated carbocycles. The van der Waals surface area contributed by atoms with Gasteiger partial charge >= 0.3 is 0 Å². The Bertz CT molecular complexity index is 526. The van der Waals surface area contributed by atoms with Gasteiger partial charge in [0.1, 0.15) is 0 Å². The molecule has 1 aromatic carbocycles. The van der Waals surface area contributed by atoms with Crippen LogP contribution in [0.5, 0.6) is 0 Å². The topological polar surface area (TPSA) is 0 Å². The first-order chi connectivity index (χ1) is 8.72. The molecule has 0 aromatic heterocycles. The van der Waals surface area contributed by atoms with Crippen molar-refractivity contribution in [1.29, 1.82) is 0 Å². The highest BCUT2D eigenvalue weighted by atomic mass is 79.9. The van der Waals surface area contributed by atoms with Crippen LogP contribution in [-0.2, 0) is 12.8 Å². The maximum Gasteiger partial charge on any atom is 0.0395 e. The Kier molecular flexibility index (Phi) is 3.76. The quantitative estimate of drug-likeness (QED) is 0.542. The molecule has 0 aliphatic heterocycles. The molecule has 2 heteroatoms. The smallest absolute Gasteiger partial charge is 0.0395 e. The highest BCUT2D eigenvalue weighted by Gasteiger charge is 2.17. The molecular weight excluding hydrogens is 352 g/mol. The van der Waals surface area contributed by atoms with Crippen LogP contribution in [0.2, 0.25) is 0 Å². The molecule has 1 aromatic rings. The van der Waals surface area contributed by atoms with Crippen LogP contribution in [0.4, 0.5) is 0 Å². The zero-order valence-corrected chi connectivity index (χ0v) is 13.4. The molecule has 1 atom stereocenters. The van der Waals surface area contributed by atoms with Crippen molar-refractivity contribution in [3.63, 3.8) is 0 Å². The van der Waals surface area contributed by atoms with Crippen molar-refractivity contribution >= 4 is 31.9 Å². The van der Waals surface area contributed by atoms with Gasteiger partial charge in [0.2, 0.25) is 0 Å². The number of allylic oxidation sites excluding steroid dienone is 4. The van der Waals surface area contributed by atoms with E-state index >= 15 is 0 Å². The number of aryl methyl sites for hydroxylation is 2. The normalized spacial score (nSPS) is 23.1.